The Morgan fingerprint density at radius 1 is 1.27 bits per heavy atom. The van der Waals surface area contributed by atoms with Crippen molar-refractivity contribution in [1.82, 2.24) is 5.32 Å². The number of aliphatic hydroxyl groups excluding tert-OH is 1. The van der Waals surface area contributed by atoms with E-state index in [9.17, 15) is 19.6 Å². The molecule has 0 saturated heterocycles. The average Bonchev–Trinajstić information content (AvgIpc) is 2.59. The van der Waals surface area contributed by atoms with Gasteiger partial charge in [-0.2, -0.15) is 0 Å². The summed E-state index contributed by atoms with van der Waals surface area (Å²) in [5.74, 6) is 0.118. The summed E-state index contributed by atoms with van der Waals surface area (Å²) in [6.07, 6.45) is -0.169. The van der Waals surface area contributed by atoms with Gasteiger partial charge in [0.05, 0.1) is 17.0 Å². The van der Waals surface area contributed by atoms with Crippen LogP contribution in [0.5, 0.6) is 5.75 Å². The minimum atomic E-state index is -0.893. The standard InChI is InChI=1S/C19H21FN2O4/c1-19(2)18(23)17(21-10-9-12-3-5-13(20)6-4-12)15-8-7-14(22(24)25)11-16(15)26-19/h3-8,11,17-18,21,23H,9-10H2,1-2H3/t17-,18+/m0/s1. The van der Waals surface area contributed by atoms with Gasteiger partial charge in [-0.05, 0) is 50.6 Å². The van der Waals surface area contributed by atoms with Crippen LogP contribution in [-0.4, -0.2) is 28.3 Å². The van der Waals surface area contributed by atoms with Crippen molar-refractivity contribution in [2.24, 2.45) is 0 Å². The first-order valence-corrected chi connectivity index (χ1v) is 8.41. The molecule has 0 fully saturated rings. The number of nitro benzene ring substituents is 1. The number of hydrogen-bond acceptors (Lipinski definition) is 5. The van der Waals surface area contributed by atoms with Crippen LogP contribution in [0.25, 0.3) is 0 Å². The number of nitrogens with one attached hydrogen (secondary N) is 1. The second-order valence-electron chi connectivity index (χ2n) is 6.94. The average molecular weight is 360 g/mol. The van der Waals surface area contributed by atoms with E-state index in [1.165, 1.54) is 24.3 Å². The third-order valence-corrected chi connectivity index (χ3v) is 4.64. The Balaban J connectivity index is 1.79. The van der Waals surface area contributed by atoms with Crippen molar-refractivity contribution in [3.8, 4) is 5.75 Å². The highest BCUT2D eigenvalue weighted by Gasteiger charge is 2.43. The van der Waals surface area contributed by atoms with Crippen LogP contribution in [0.3, 0.4) is 0 Å². The molecule has 0 amide bonds. The minimum Gasteiger partial charge on any atom is -0.484 e. The highest BCUT2D eigenvalue weighted by Crippen LogP contribution is 2.41. The van der Waals surface area contributed by atoms with Crippen molar-refractivity contribution in [2.45, 2.75) is 38.0 Å². The first-order valence-electron chi connectivity index (χ1n) is 8.41. The number of aliphatic hydroxyl groups is 1. The van der Waals surface area contributed by atoms with Gasteiger partial charge in [-0.15, -0.1) is 0 Å². The highest BCUT2D eigenvalue weighted by atomic mass is 19.1. The number of hydrogen-bond donors (Lipinski definition) is 2. The number of benzene rings is 2. The largest absolute Gasteiger partial charge is 0.484 e. The summed E-state index contributed by atoms with van der Waals surface area (Å²) in [5, 5.41) is 25.0. The number of nitrogens with zero attached hydrogens (tertiary/aromatic N) is 1. The van der Waals surface area contributed by atoms with E-state index in [-0.39, 0.29) is 11.5 Å². The van der Waals surface area contributed by atoms with Gasteiger partial charge >= 0.3 is 0 Å². The molecule has 0 aliphatic carbocycles. The molecular weight excluding hydrogens is 339 g/mol. The maximum atomic E-state index is 13.0. The second-order valence-corrected chi connectivity index (χ2v) is 6.94. The quantitative estimate of drug-likeness (QED) is 0.632. The van der Waals surface area contributed by atoms with Crippen LogP contribution >= 0.6 is 0 Å². The lowest BCUT2D eigenvalue weighted by Crippen LogP contribution is -2.52. The zero-order valence-corrected chi connectivity index (χ0v) is 14.6. The smallest absolute Gasteiger partial charge is 0.273 e. The summed E-state index contributed by atoms with van der Waals surface area (Å²) in [4.78, 5) is 10.5. The summed E-state index contributed by atoms with van der Waals surface area (Å²) >= 11 is 0. The fourth-order valence-electron chi connectivity index (χ4n) is 3.14. The molecule has 0 radical (unpaired) electrons. The molecule has 0 spiro atoms. The fraction of sp³-hybridized carbons (Fsp3) is 0.368. The third kappa shape index (κ3) is 3.68. The topological polar surface area (TPSA) is 84.6 Å². The molecule has 1 heterocycles. The van der Waals surface area contributed by atoms with E-state index in [1.807, 2.05) is 0 Å². The Bertz CT molecular complexity index is 808. The molecule has 138 valence electrons. The number of halogens is 1. The maximum Gasteiger partial charge on any atom is 0.273 e. The summed E-state index contributed by atoms with van der Waals surface area (Å²) < 4.78 is 18.8. The van der Waals surface area contributed by atoms with Gasteiger partial charge < -0.3 is 15.2 Å². The van der Waals surface area contributed by atoms with Crippen LogP contribution in [0.15, 0.2) is 42.5 Å². The second kappa shape index (κ2) is 7.01. The lowest BCUT2D eigenvalue weighted by molar-refractivity contribution is -0.385. The zero-order chi connectivity index (χ0) is 18.9. The van der Waals surface area contributed by atoms with Crippen molar-refractivity contribution in [2.75, 3.05) is 6.54 Å². The zero-order valence-electron chi connectivity index (χ0n) is 14.6. The molecule has 7 heteroatoms. The molecule has 2 aromatic rings. The van der Waals surface area contributed by atoms with E-state index in [2.05, 4.69) is 5.32 Å². The molecule has 2 atom stereocenters. The normalized spacial score (nSPS) is 20.9. The van der Waals surface area contributed by atoms with Gasteiger partial charge in [0, 0.05) is 11.6 Å². The van der Waals surface area contributed by atoms with E-state index < -0.39 is 22.7 Å². The first-order chi connectivity index (χ1) is 12.3. The lowest BCUT2D eigenvalue weighted by Gasteiger charge is -2.42. The van der Waals surface area contributed by atoms with Crippen LogP contribution in [0.2, 0.25) is 0 Å². The molecule has 3 rings (SSSR count). The van der Waals surface area contributed by atoms with E-state index in [1.54, 1.807) is 32.0 Å². The predicted molar refractivity (Wildman–Crippen MR) is 94.7 cm³/mol. The molecule has 0 aromatic heterocycles. The number of ether oxygens (including phenoxy) is 1. The Morgan fingerprint density at radius 3 is 2.62 bits per heavy atom. The molecule has 1 aliphatic rings. The molecule has 1 aliphatic heterocycles. The Labute approximate surface area is 150 Å². The van der Waals surface area contributed by atoms with E-state index >= 15 is 0 Å². The Hall–Kier alpha value is -2.51. The summed E-state index contributed by atoms with van der Waals surface area (Å²) in [6.45, 7) is 4.04. The molecule has 0 unspecified atom stereocenters. The molecule has 2 N–H and O–H groups in total. The van der Waals surface area contributed by atoms with Crippen LogP contribution in [-0.2, 0) is 6.42 Å². The van der Waals surface area contributed by atoms with Crippen molar-refractivity contribution in [3.05, 3.63) is 69.5 Å². The third-order valence-electron chi connectivity index (χ3n) is 4.64. The van der Waals surface area contributed by atoms with Gasteiger partial charge in [0.15, 0.2) is 0 Å². The van der Waals surface area contributed by atoms with Gasteiger partial charge in [-0.3, -0.25) is 10.1 Å². The Morgan fingerprint density at radius 2 is 1.96 bits per heavy atom. The number of non-ortho nitro benzene ring substituents is 1. The van der Waals surface area contributed by atoms with Crippen molar-refractivity contribution < 1.29 is 19.2 Å². The van der Waals surface area contributed by atoms with E-state index in [0.29, 0.717) is 24.3 Å². The van der Waals surface area contributed by atoms with Gasteiger partial charge in [-0.25, -0.2) is 4.39 Å². The molecule has 0 saturated carbocycles. The van der Waals surface area contributed by atoms with Gasteiger partial charge in [-0.1, -0.05) is 12.1 Å². The first kappa shape index (κ1) is 18.3. The van der Waals surface area contributed by atoms with Gasteiger partial charge in [0.2, 0.25) is 0 Å². The van der Waals surface area contributed by atoms with E-state index in [4.69, 9.17) is 4.74 Å². The van der Waals surface area contributed by atoms with Crippen LogP contribution in [0, 0.1) is 15.9 Å². The number of rotatable bonds is 5. The predicted octanol–water partition coefficient (Wildman–Crippen LogP) is 3.14. The van der Waals surface area contributed by atoms with Crippen LogP contribution in [0.1, 0.15) is 31.0 Å². The van der Waals surface area contributed by atoms with Gasteiger partial charge in [0.25, 0.3) is 5.69 Å². The SMILES string of the molecule is CC1(C)Oc2cc([N+](=O)[O-])ccc2[C@H](NCCc2ccc(F)cc2)[C@H]1O. The van der Waals surface area contributed by atoms with Crippen molar-refractivity contribution in [3.63, 3.8) is 0 Å². The molecular formula is C19H21FN2O4. The number of fused-ring (bicyclic) bond motifs is 1. The molecule has 0 bridgehead atoms. The molecule has 2 aromatic carbocycles. The van der Waals surface area contributed by atoms with Crippen LogP contribution in [0.4, 0.5) is 10.1 Å². The maximum absolute atomic E-state index is 13.0. The monoisotopic (exact) mass is 360 g/mol. The van der Waals surface area contributed by atoms with Crippen molar-refractivity contribution in [1.29, 1.82) is 0 Å². The highest BCUT2D eigenvalue weighted by molar-refractivity contribution is 5.48. The molecule has 26 heavy (non-hydrogen) atoms. The van der Waals surface area contributed by atoms with E-state index in [0.717, 1.165) is 5.56 Å². The fourth-order valence-corrected chi connectivity index (χ4v) is 3.14. The van der Waals surface area contributed by atoms with Crippen LogP contribution < -0.4 is 10.1 Å². The minimum absolute atomic E-state index is 0.0546. The summed E-state index contributed by atoms with van der Waals surface area (Å²) in [5.41, 5.74) is 0.710. The lowest BCUT2D eigenvalue weighted by atomic mass is 9.86. The number of nitro groups is 1. The van der Waals surface area contributed by atoms with Gasteiger partial charge in [0.1, 0.15) is 23.3 Å². The summed E-state index contributed by atoms with van der Waals surface area (Å²) in [7, 11) is 0. The molecule has 6 nitrogen and oxygen atoms in total. The Kier molecular flexibility index (Phi) is 4.93. The summed E-state index contributed by atoms with van der Waals surface area (Å²) in [6, 6.07) is 10.3. The van der Waals surface area contributed by atoms with Crippen molar-refractivity contribution >= 4 is 5.69 Å².